The van der Waals surface area contributed by atoms with Crippen molar-refractivity contribution >= 4 is 28.5 Å². The Bertz CT molecular complexity index is 599. The lowest BCUT2D eigenvalue weighted by molar-refractivity contribution is 0.452. The largest absolute Gasteiger partial charge is 0.355 e. The Morgan fingerprint density at radius 1 is 1.21 bits per heavy atom. The molecule has 1 fully saturated rings. The molecule has 0 amide bonds. The predicted octanol–water partition coefficient (Wildman–Crippen LogP) is 3.39. The second kappa shape index (κ2) is 4.97. The highest BCUT2D eigenvalue weighted by atomic mass is 35.5. The van der Waals surface area contributed by atoms with Crippen molar-refractivity contribution in [2.75, 3.05) is 18.0 Å². The number of aromatic nitrogens is 2. The van der Waals surface area contributed by atoms with E-state index in [9.17, 15) is 0 Å². The summed E-state index contributed by atoms with van der Waals surface area (Å²) in [6.45, 7) is 6.16. The molecule has 0 saturated carbocycles. The molecule has 0 radical (unpaired) electrons. The molecule has 0 bridgehead atoms. The molecule has 3 rings (SSSR count). The Morgan fingerprint density at radius 2 is 1.89 bits per heavy atom. The van der Waals surface area contributed by atoms with Crippen LogP contribution in [0.1, 0.15) is 19.0 Å². The third kappa shape index (κ3) is 2.39. The fraction of sp³-hybridized carbons (Fsp3) is 0.467. The molecule has 100 valence electrons. The number of fused-ring (bicyclic) bond motifs is 1. The van der Waals surface area contributed by atoms with Crippen molar-refractivity contribution in [1.29, 1.82) is 0 Å². The third-order valence-electron chi connectivity index (χ3n) is 3.82. The normalized spacial score (nSPS) is 23.8. The molecule has 0 aliphatic carbocycles. The van der Waals surface area contributed by atoms with Crippen LogP contribution in [0.2, 0.25) is 0 Å². The van der Waals surface area contributed by atoms with E-state index >= 15 is 0 Å². The van der Waals surface area contributed by atoms with E-state index in [2.05, 4.69) is 16.8 Å². The Balaban J connectivity index is 1.98. The van der Waals surface area contributed by atoms with E-state index in [-0.39, 0.29) is 5.38 Å². The van der Waals surface area contributed by atoms with E-state index in [4.69, 9.17) is 16.6 Å². The number of para-hydroxylation sites is 2. The van der Waals surface area contributed by atoms with E-state index in [1.54, 1.807) is 0 Å². The zero-order valence-corrected chi connectivity index (χ0v) is 12.1. The molecule has 19 heavy (non-hydrogen) atoms. The van der Waals surface area contributed by atoms with Gasteiger partial charge in [-0.3, -0.25) is 0 Å². The molecule has 4 heteroatoms. The molecule has 1 aliphatic rings. The molecule has 2 heterocycles. The van der Waals surface area contributed by atoms with E-state index in [1.165, 1.54) is 0 Å². The molecule has 1 aliphatic heterocycles. The zero-order valence-electron chi connectivity index (χ0n) is 11.3. The number of benzene rings is 1. The van der Waals surface area contributed by atoms with Gasteiger partial charge in [-0.1, -0.05) is 19.1 Å². The van der Waals surface area contributed by atoms with Crippen LogP contribution >= 0.6 is 11.6 Å². The quantitative estimate of drug-likeness (QED) is 0.747. The SMILES string of the molecule is Cc1nc2ccccc2nc1N1CCC(Cl)C(C)C1. The Labute approximate surface area is 118 Å². The second-order valence-electron chi connectivity index (χ2n) is 5.35. The fourth-order valence-electron chi connectivity index (χ4n) is 2.69. The van der Waals surface area contributed by atoms with Crippen molar-refractivity contribution in [3.63, 3.8) is 0 Å². The van der Waals surface area contributed by atoms with Gasteiger partial charge in [-0.2, -0.15) is 0 Å². The molecular formula is C15H18ClN3. The molecule has 2 unspecified atom stereocenters. The van der Waals surface area contributed by atoms with Crippen molar-refractivity contribution in [3.05, 3.63) is 30.0 Å². The first kappa shape index (κ1) is 12.7. The van der Waals surface area contributed by atoms with Crippen LogP contribution in [0.3, 0.4) is 0 Å². The first-order valence-corrected chi connectivity index (χ1v) is 7.21. The zero-order chi connectivity index (χ0) is 13.4. The first-order valence-electron chi connectivity index (χ1n) is 6.77. The number of hydrogen-bond acceptors (Lipinski definition) is 3. The monoisotopic (exact) mass is 275 g/mol. The van der Waals surface area contributed by atoms with Crippen LogP contribution in [0.15, 0.2) is 24.3 Å². The van der Waals surface area contributed by atoms with Gasteiger partial charge in [0.1, 0.15) is 0 Å². The molecule has 3 nitrogen and oxygen atoms in total. The minimum Gasteiger partial charge on any atom is -0.355 e. The summed E-state index contributed by atoms with van der Waals surface area (Å²) < 4.78 is 0. The minimum absolute atomic E-state index is 0.282. The van der Waals surface area contributed by atoms with Gasteiger partial charge in [0.05, 0.1) is 16.7 Å². The average molecular weight is 276 g/mol. The maximum absolute atomic E-state index is 6.29. The van der Waals surface area contributed by atoms with Crippen LogP contribution in [-0.4, -0.2) is 28.4 Å². The highest BCUT2D eigenvalue weighted by Crippen LogP contribution is 2.27. The van der Waals surface area contributed by atoms with Gasteiger partial charge in [0.2, 0.25) is 0 Å². The number of aryl methyl sites for hydroxylation is 1. The van der Waals surface area contributed by atoms with Gasteiger partial charge in [0.25, 0.3) is 0 Å². The molecule has 1 aromatic heterocycles. The third-order valence-corrected chi connectivity index (χ3v) is 4.47. The van der Waals surface area contributed by atoms with Crippen molar-refractivity contribution in [3.8, 4) is 0 Å². The van der Waals surface area contributed by atoms with Crippen LogP contribution in [0.4, 0.5) is 5.82 Å². The predicted molar refractivity (Wildman–Crippen MR) is 79.9 cm³/mol. The molecule has 2 atom stereocenters. The number of halogens is 1. The summed E-state index contributed by atoms with van der Waals surface area (Å²) in [5.74, 6) is 1.50. The van der Waals surface area contributed by atoms with E-state index in [0.29, 0.717) is 5.92 Å². The molecule has 0 N–H and O–H groups in total. The van der Waals surface area contributed by atoms with Crippen molar-refractivity contribution in [1.82, 2.24) is 9.97 Å². The summed E-state index contributed by atoms with van der Waals surface area (Å²) in [6.07, 6.45) is 1.01. The highest BCUT2D eigenvalue weighted by molar-refractivity contribution is 6.20. The van der Waals surface area contributed by atoms with E-state index in [0.717, 1.165) is 42.1 Å². The smallest absolute Gasteiger partial charge is 0.150 e. The van der Waals surface area contributed by atoms with Gasteiger partial charge in [-0.05, 0) is 31.4 Å². The van der Waals surface area contributed by atoms with Crippen LogP contribution in [0.5, 0.6) is 0 Å². The number of rotatable bonds is 1. The summed E-state index contributed by atoms with van der Waals surface area (Å²) >= 11 is 6.29. The number of piperidine rings is 1. The van der Waals surface area contributed by atoms with Crippen LogP contribution in [0, 0.1) is 12.8 Å². The second-order valence-corrected chi connectivity index (χ2v) is 5.91. The van der Waals surface area contributed by atoms with Crippen LogP contribution in [0.25, 0.3) is 11.0 Å². The number of alkyl halides is 1. The lowest BCUT2D eigenvalue weighted by atomic mass is 9.99. The topological polar surface area (TPSA) is 29.0 Å². The fourth-order valence-corrected chi connectivity index (χ4v) is 2.87. The molecule has 0 spiro atoms. The summed E-state index contributed by atoms with van der Waals surface area (Å²) in [5.41, 5.74) is 2.92. The van der Waals surface area contributed by atoms with Crippen molar-refractivity contribution < 1.29 is 0 Å². The number of hydrogen-bond donors (Lipinski definition) is 0. The molecule has 1 saturated heterocycles. The summed E-state index contributed by atoms with van der Waals surface area (Å²) in [7, 11) is 0. The van der Waals surface area contributed by atoms with Crippen molar-refractivity contribution in [2.45, 2.75) is 25.6 Å². The number of anilines is 1. The van der Waals surface area contributed by atoms with Gasteiger partial charge in [-0.15, -0.1) is 11.6 Å². The highest BCUT2D eigenvalue weighted by Gasteiger charge is 2.26. The molecular weight excluding hydrogens is 258 g/mol. The van der Waals surface area contributed by atoms with E-state index in [1.807, 2.05) is 31.2 Å². The van der Waals surface area contributed by atoms with Gasteiger partial charge in [-0.25, -0.2) is 9.97 Å². The average Bonchev–Trinajstić information content (AvgIpc) is 2.41. The molecule has 1 aromatic carbocycles. The Kier molecular flexibility index (Phi) is 3.31. The summed E-state index contributed by atoms with van der Waals surface area (Å²) in [5, 5.41) is 0.282. The van der Waals surface area contributed by atoms with Gasteiger partial charge < -0.3 is 4.90 Å². The lowest BCUT2D eigenvalue weighted by Crippen LogP contribution is -2.40. The minimum atomic E-state index is 0.282. The first-order chi connectivity index (χ1) is 9.15. The lowest BCUT2D eigenvalue weighted by Gasteiger charge is -2.35. The van der Waals surface area contributed by atoms with Gasteiger partial charge in [0, 0.05) is 18.5 Å². The number of nitrogens with zero attached hydrogens (tertiary/aromatic N) is 3. The summed E-state index contributed by atoms with van der Waals surface area (Å²) in [4.78, 5) is 11.8. The van der Waals surface area contributed by atoms with Crippen LogP contribution < -0.4 is 4.90 Å². The van der Waals surface area contributed by atoms with Crippen molar-refractivity contribution in [2.24, 2.45) is 5.92 Å². The standard InChI is InChI=1S/C15H18ClN3/c1-10-9-19(8-7-12(10)16)15-11(2)17-13-5-3-4-6-14(13)18-15/h3-6,10,12H,7-9H2,1-2H3. The Hall–Kier alpha value is -1.35. The summed E-state index contributed by atoms with van der Waals surface area (Å²) in [6, 6.07) is 8.02. The van der Waals surface area contributed by atoms with Gasteiger partial charge in [0.15, 0.2) is 5.82 Å². The maximum Gasteiger partial charge on any atom is 0.150 e. The molecule has 2 aromatic rings. The van der Waals surface area contributed by atoms with Crippen LogP contribution in [-0.2, 0) is 0 Å². The Morgan fingerprint density at radius 3 is 2.58 bits per heavy atom. The maximum atomic E-state index is 6.29. The van der Waals surface area contributed by atoms with E-state index < -0.39 is 0 Å². The van der Waals surface area contributed by atoms with Gasteiger partial charge >= 0.3 is 0 Å².